The van der Waals surface area contributed by atoms with Crippen molar-refractivity contribution in [2.75, 3.05) is 0 Å². The number of aromatic nitrogens is 4. The van der Waals surface area contributed by atoms with E-state index in [9.17, 15) is 0 Å². The molecule has 0 saturated heterocycles. The first kappa shape index (κ1) is 10.9. The SMILES string of the molecule is C1=NC=NC2=CN=C[N+]12c1cn[nH]c1-c1ncccn1. The number of quaternary nitrogens is 1. The average molecular weight is 265 g/mol. The highest BCUT2D eigenvalue weighted by Gasteiger charge is 2.42. The van der Waals surface area contributed by atoms with Gasteiger partial charge in [0.15, 0.2) is 11.5 Å². The van der Waals surface area contributed by atoms with Crippen LogP contribution in [0.2, 0.25) is 0 Å². The lowest BCUT2D eigenvalue weighted by Crippen LogP contribution is -2.44. The van der Waals surface area contributed by atoms with E-state index in [0.717, 1.165) is 11.5 Å². The molecule has 1 unspecified atom stereocenters. The maximum absolute atomic E-state index is 4.26. The maximum atomic E-state index is 4.26. The van der Waals surface area contributed by atoms with Gasteiger partial charge in [0, 0.05) is 12.4 Å². The Morgan fingerprint density at radius 1 is 1.05 bits per heavy atom. The lowest BCUT2D eigenvalue weighted by Gasteiger charge is -2.24. The molecule has 20 heavy (non-hydrogen) atoms. The van der Waals surface area contributed by atoms with Crippen molar-refractivity contribution in [1.82, 2.24) is 24.6 Å². The van der Waals surface area contributed by atoms with Crippen LogP contribution in [0.1, 0.15) is 0 Å². The molecule has 0 bridgehead atoms. The first-order valence-corrected chi connectivity index (χ1v) is 5.92. The van der Waals surface area contributed by atoms with Gasteiger partial charge in [-0.1, -0.05) is 0 Å². The molecule has 0 spiro atoms. The van der Waals surface area contributed by atoms with Crippen LogP contribution >= 0.6 is 0 Å². The van der Waals surface area contributed by atoms with E-state index in [1.807, 2.05) is 0 Å². The van der Waals surface area contributed by atoms with Crippen LogP contribution in [0.3, 0.4) is 0 Å². The summed E-state index contributed by atoms with van der Waals surface area (Å²) in [5, 5.41) is 7.04. The fourth-order valence-electron chi connectivity index (χ4n) is 2.21. The smallest absolute Gasteiger partial charge is 0.265 e. The average Bonchev–Trinajstić information content (AvgIpc) is 3.15. The number of nitrogens with one attached hydrogen (secondary N) is 1. The van der Waals surface area contributed by atoms with Crippen LogP contribution in [0.25, 0.3) is 11.5 Å². The van der Waals surface area contributed by atoms with Crippen molar-refractivity contribution in [2.24, 2.45) is 15.0 Å². The molecule has 0 amide bonds. The molecule has 2 aliphatic rings. The summed E-state index contributed by atoms with van der Waals surface area (Å²) in [7, 11) is 0. The molecule has 0 aromatic carbocycles. The molecule has 0 saturated carbocycles. The maximum Gasteiger partial charge on any atom is 0.265 e. The molecule has 1 N–H and O–H groups in total. The van der Waals surface area contributed by atoms with Crippen LogP contribution in [0.5, 0.6) is 0 Å². The Balaban J connectivity index is 1.91. The molecule has 0 radical (unpaired) electrons. The first-order chi connectivity index (χ1) is 9.90. The van der Waals surface area contributed by atoms with Crippen molar-refractivity contribution in [3.05, 3.63) is 36.7 Å². The highest BCUT2D eigenvalue weighted by atomic mass is 15.5. The molecule has 96 valence electrons. The van der Waals surface area contributed by atoms with Crippen LogP contribution in [-0.2, 0) is 0 Å². The number of rotatable bonds is 2. The third kappa shape index (κ3) is 1.39. The second-order valence-corrected chi connectivity index (χ2v) is 4.24. The number of aromatic amines is 1. The van der Waals surface area contributed by atoms with Crippen molar-refractivity contribution < 1.29 is 0 Å². The first-order valence-electron chi connectivity index (χ1n) is 5.92. The summed E-state index contributed by atoms with van der Waals surface area (Å²) in [5.74, 6) is 1.31. The number of hydrogen-bond donors (Lipinski definition) is 1. The molecule has 1 atom stereocenters. The molecular weight excluding hydrogens is 256 g/mol. The Hall–Kier alpha value is -3.00. The van der Waals surface area contributed by atoms with Gasteiger partial charge in [-0.2, -0.15) is 19.6 Å². The number of aliphatic imine (C=N–C) groups is 3. The highest BCUT2D eigenvalue weighted by Crippen LogP contribution is 2.36. The van der Waals surface area contributed by atoms with Gasteiger partial charge in [0.25, 0.3) is 5.82 Å². The van der Waals surface area contributed by atoms with Crippen LogP contribution in [0, 0.1) is 0 Å². The lowest BCUT2D eigenvalue weighted by atomic mass is 10.2. The summed E-state index contributed by atoms with van der Waals surface area (Å²) >= 11 is 0. The summed E-state index contributed by atoms with van der Waals surface area (Å²) < 4.78 is 0.181. The Labute approximate surface area is 113 Å². The predicted molar refractivity (Wildman–Crippen MR) is 75.0 cm³/mol. The van der Waals surface area contributed by atoms with Crippen LogP contribution in [-0.4, -0.2) is 39.2 Å². The van der Waals surface area contributed by atoms with Gasteiger partial charge in [-0.15, -0.1) is 0 Å². The normalized spacial score (nSPS) is 22.9. The molecule has 4 heterocycles. The topological polar surface area (TPSA) is 91.5 Å². The fourth-order valence-corrected chi connectivity index (χ4v) is 2.21. The number of hydrogen-bond acceptors (Lipinski definition) is 6. The summed E-state index contributed by atoms with van der Waals surface area (Å²) in [6, 6.07) is 1.77. The minimum Gasteiger partial charge on any atom is -0.269 e. The third-order valence-electron chi connectivity index (χ3n) is 3.13. The summed E-state index contributed by atoms with van der Waals surface area (Å²) in [4.78, 5) is 21.1. The zero-order valence-corrected chi connectivity index (χ0v) is 10.2. The molecule has 0 fully saturated rings. The van der Waals surface area contributed by atoms with Gasteiger partial charge in [-0.3, -0.25) is 5.10 Å². The standard InChI is InChI=1S/C12H9N8/c1-2-15-12(16-3-1)11-9(4-18-19-11)20-7-13-5-10(20)17-6-14-8-20/h1-8H,(H,18,19)/q+1. The molecule has 8 heteroatoms. The Bertz CT molecular complexity index is 770. The van der Waals surface area contributed by atoms with E-state index in [4.69, 9.17) is 0 Å². The largest absolute Gasteiger partial charge is 0.269 e. The van der Waals surface area contributed by atoms with Gasteiger partial charge in [0.05, 0.1) is 0 Å². The van der Waals surface area contributed by atoms with Crippen LogP contribution in [0.15, 0.2) is 51.7 Å². The van der Waals surface area contributed by atoms with Crippen molar-refractivity contribution in [1.29, 1.82) is 0 Å². The van der Waals surface area contributed by atoms with Crippen molar-refractivity contribution >= 4 is 24.7 Å². The summed E-state index contributed by atoms with van der Waals surface area (Å²) in [6.07, 6.45) is 11.8. The molecule has 8 nitrogen and oxygen atoms in total. The van der Waals surface area contributed by atoms with Gasteiger partial charge >= 0.3 is 0 Å². The van der Waals surface area contributed by atoms with Gasteiger partial charge in [-0.05, 0) is 6.07 Å². The van der Waals surface area contributed by atoms with Crippen molar-refractivity contribution in [2.45, 2.75) is 0 Å². The van der Waals surface area contributed by atoms with Gasteiger partial charge in [-0.25, -0.2) is 15.0 Å². The lowest BCUT2D eigenvalue weighted by molar-refractivity contribution is 0.749. The second-order valence-electron chi connectivity index (χ2n) is 4.24. The molecule has 4 rings (SSSR count). The molecular formula is C12H9N8+. The third-order valence-corrected chi connectivity index (χ3v) is 3.13. The van der Waals surface area contributed by atoms with Crippen molar-refractivity contribution in [3.8, 4) is 11.5 Å². The molecule has 0 aliphatic carbocycles. The van der Waals surface area contributed by atoms with Crippen LogP contribution < -0.4 is 4.48 Å². The van der Waals surface area contributed by atoms with Gasteiger partial charge in [0.2, 0.25) is 18.4 Å². The number of H-pyrrole nitrogens is 1. The monoisotopic (exact) mass is 265 g/mol. The van der Waals surface area contributed by atoms with E-state index < -0.39 is 0 Å². The fraction of sp³-hybridized carbons (Fsp3) is 0. The number of nitrogens with zero attached hydrogens (tertiary/aromatic N) is 7. The molecule has 2 aromatic heterocycles. The van der Waals surface area contributed by atoms with E-state index in [2.05, 4.69) is 35.1 Å². The zero-order chi connectivity index (χ0) is 13.4. The Morgan fingerprint density at radius 2 is 1.90 bits per heavy atom. The van der Waals surface area contributed by atoms with E-state index in [1.54, 1.807) is 43.5 Å². The van der Waals surface area contributed by atoms with Crippen molar-refractivity contribution in [3.63, 3.8) is 0 Å². The minimum atomic E-state index is 0.181. The Kier molecular flexibility index (Phi) is 2.18. The van der Waals surface area contributed by atoms with Crippen LogP contribution in [0.4, 0.5) is 5.69 Å². The highest BCUT2D eigenvalue weighted by molar-refractivity contribution is 6.04. The van der Waals surface area contributed by atoms with E-state index in [-0.39, 0.29) is 4.48 Å². The number of fused-ring (bicyclic) bond motifs is 1. The Morgan fingerprint density at radius 3 is 2.80 bits per heavy atom. The predicted octanol–water partition coefficient (Wildman–Crippen LogP) is 1.08. The molecule has 2 aliphatic heterocycles. The quantitative estimate of drug-likeness (QED) is 0.824. The van der Waals surface area contributed by atoms with E-state index in [1.165, 1.54) is 6.34 Å². The molecule has 2 aromatic rings. The summed E-state index contributed by atoms with van der Waals surface area (Å²) in [6.45, 7) is 0. The summed E-state index contributed by atoms with van der Waals surface area (Å²) in [5.41, 5.74) is 1.54. The van der Waals surface area contributed by atoms with E-state index in [0.29, 0.717) is 11.5 Å². The minimum absolute atomic E-state index is 0.181. The zero-order valence-electron chi connectivity index (χ0n) is 10.2. The second kappa shape index (κ2) is 4.00. The van der Waals surface area contributed by atoms with Gasteiger partial charge < -0.3 is 0 Å². The van der Waals surface area contributed by atoms with E-state index >= 15 is 0 Å². The van der Waals surface area contributed by atoms with Gasteiger partial charge in [0.1, 0.15) is 18.7 Å².